The summed E-state index contributed by atoms with van der Waals surface area (Å²) in [5, 5.41) is 9.91. The van der Waals surface area contributed by atoms with Crippen molar-refractivity contribution < 1.29 is 9.18 Å². The van der Waals surface area contributed by atoms with E-state index in [1.807, 2.05) is 13.8 Å². The molecule has 1 aromatic carbocycles. The van der Waals surface area contributed by atoms with Gasteiger partial charge in [-0.1, -0.05) is 12.8 Å². The summed E-state index contributed by atoms with van der Waals surface area (Å²) in [4.78, 5) is 14.6. The highest BCUT2D eigenvalue weighted by atomic mass is 19.1. The van der Waals surface area contributed by atoms with Gasteiger partial charge in [0, 0.05) is 11.7 Å². The van der Waals surface area contributed by atoms with E-state index in [1.165, 1.54) is 25.0 Å². The number of halogens is 1. The van der Waals surface area contributed by atoms with Gasteiger partial charge in [-0.15, -0.1) is 0 Å². The second-order valence-electron chi connectivity index (χ2n) is 6.40. The highest BCUT2D eigenvalue weighted by Gasteiger charge is 2.25. The molecule has 0 bridgehead atoms. The van der Waals surface area contributed by atoms with Crippen molar-refractivity contribution in [3.63, 3.8) is 0 Å². The van der Waals surface area contributed by atoms with Crippen molar-refractivity contribution in [2.45, 2.75) is 45.6 Å². The number of carbonyl (C=O) groups excluding carboxylic acids is 1. The average Bonchev–Trinajstić information content (AvgIpc) is 3.19. The lowest BCUT2D eigenvalue weighted by molar-refractivity contribution is -0.115. The van der Waals surface area contributed by atoms with Gasteiger partial charge in [-0.2, -0.15) is 5.10 Å². The van der Waals surface area contributed by atoms with Crippen molar-refractivity contribution in [2.24, 2.45) is 0 Å². The summed E-state index contributed by atoms with van der Waals surface area (Å²) in [5.41, 5.74) is 3.25. The third kappa shape index (κ3) is 3.58. The van der Waals surface area contributed by atoms with E-state index >= 15 is 0 Å². The van der Waals surface area contributed by atoms with Gasteiger partial charge in [0.05, 0.1) is 23.6 Å². The Bertz CT molecular complexity index is 685. The van der Waals surface area contributed by atoms with E-state index in [4.69, 9.17) is 0 Å². The van der Waals surface area contributed by atoms with Crippen molar-refractivity contribution in [3.8, 4) is 0 Å². The summed E-state index contributed by atoms with van der Waals surface area (Å²) in [6, 6.07) is 6.71. The van der Waals surface area contributed by atoms with Crippen molar-refractivity contribution in [3.05, 3.63) is 41.5 Å². The number of amides is 1. The molecular weight excluding hydrogens is 307 g/mol. The van der Waals surface area contributed by atoms with Crippen LogP contribution in [0.1, 0.15) is 37.1 Å². The molecule has 2 N–H and O–H groups in total. The van der Waals surface area contributed by atoms with E-state index in [9.17, 15) is 9.18 Å². The van der Waals surface area contributed by atoms with Crippen LogP contribution < -0.4 is 10.2 Å². The SMILES string of the molecule is Cc1n[nH]c(C)c1NC(=O)CN(c1ccc(F)cc1)C1CCCC1. The van der Waals surface area contributed by atoms with E-state index in [0.717, 1.165) is 35.6 Å². The number of anilines is 2. The number of aromatic amines is 1. The first-order valence-corrected chi connectivity index (χ1v) is 8.38. The van der Waals surface area contributed by atoms with Gasteiger partial charge in [0.25, 0.3) is 0 Å². The Hall–Kier alpha value is -2.37. The van der Waals surface area contributed by atoms with E-state index in [-0.39, 0.29) is 18.3 Å². The van der Waals surface area contributed by atoms with Crippen LogP contribution in [-0.4, -0.2) is 28.7 Å². The fourth-order valence-corrected chi connectivity index (χ4v) is 3.35. The Morgan fingerprint density at radius 1 is 1.29 bits per heavy atom. The molecule has 2 aromatic rings. The maximum absolute atomic E-state index is 13.2. The quantitative estimate of drug-likeness (QED) is 0.881. The third-order valence-electron chi connectivity index (χ3n) is 4.63. The predicted octanol–water partition coefficient (Wildman–Crippen LogP) is 3.55. The average molecular weight is 330 g/mol. The number of nitrogens with one attached hydrogen (secondary N) is 2. The summed E-state index contributed by atoms with van der Waals surface area (Å²) in [6.45, 7) is 3.98. The van der Waals surface area contributed by atoms with Crippen LogP contribution in [0.25, 0.3) is 0 Å². The van der Waals surface area contributed by atoms with Crippen LogP contribution in [0.3, 0.4) is 0 Å². The monoisotopic (exact) mass is 330 g/mol. The van der Waals surface area contributed by atoms with E-state index < -0.39 is 0 Å². The summed E-state index contributed by atoms with van der Waals surface area (Å²) < 4.78 is 13.2. The summed E-state index contributed by atoms with van der Waals surface area (Å²) in [7, 11) is 0. The highest BCUT2D eigenvalue weighted by molar-refractivity contribution is 5.95. The lowest BCUT2D eigenvalue weighted by Crippen LogP contribution is -2.39. The minimum absolute atomic E-state index is 0.0844. The maximum atomic E-state index is 13.2. The zero-order valence-electron chi connectivity index (χ0n) is 14.1. The molecule has 0 atom stereocenters. The second kappa shape index (κ2) is 7.03. The Balaban J connectivity index is 1.76. The number of hydrogen-bond donors (Lipinski definition) is 2. The lowest BCUT2D eigenvalue weighted by atomic mass is 10.1. The third-order valence-corrected chi connectivity index (χ3v) is 4.63. The molecule has 5 nitrogen and oxygen atoms in total. The van der Waals surface area contributed by atoms with Gasteiger partial charge >= 0.3 is 0 Å². The summed E-state index contributed by atoms with van der Waals surface area (Å²) in [6.07, 6.45) is 4.47. The van der Waals surface area contributed by atoms with Gasteiger partial charge in [0.15, 0.2) is 0 Å². The van der Waals surface area contributed by atoms with Gasteiger partial charge in [-0.3, -0.25) is 9.89 Å². The molecule has 0 aliphatic heterocycles. The normalized spacial score (nSPS) is 14.8. The van der Waals surface area contributed by atoms with Crippen molar-refractivity contribution in [1.29, 1.82) is 0 Å². The molecule has 1 amide bonds. The molecule has 3 rings (SSSR count). The topological polar surface area (TPSA) is 61.0 Å². The molecule has 0 saturated heterocycles. The van der Waals surface area contributed by atoms with Gasteiger partial charge in [0.1, 0.15) is 5.82 Å². The standard InChI is InChI=1S/C18H23FN4O/c1-12-18(13(2)22-21-12)20-17(24)11-23(15-5-3-4-6-15)16-9-7-14(19)8-10-16/h7-10,15H,3-6,11H2,1-2H3,(H,20,24)(H,21,22). The van der Waals surface area contributed by atoms with E-state index in [2.05, 4.69) is 20.4 Å². The van der Waals surface area contributed by atoms with E-state index in [0.29, 0.717) is 6.04 Å². The fourth-order valence-electron chi connectivity index (χ4n) is 3.35. The number of benzene rings is 1. The number of hydrogen-bond acceptors (Lipinski definition) is 3. The summed E-state index contributed by atoms with van der Waals surface area (Å²) >= 11 is 0. The highest BCUT2D eigenvalue weighted by Crippen LogP contribution is 2.28. The van der Waals surface area contributed by atoms with Crippen molar-refractivity contribution in [1.82, 2.24) is 10.2 Å². The van der Waals surface area contributed by atoms with Crippen molar-refractivity contribution >= 4 is 17.3 Å². The van der Waals surface area contributed by atoms with Gasteiger partial charge in [-0.25, -0.2) is 4.39 Å². The van der Waals surface area contributed by atoms with Gasteiger partial charge < -0.3 is 10.2 Å². The van der Waals surface area contributed by atoms with E-state index in [1.54, 1.807) is 12.1 Å². The van der Waals surface area contributed by atoms with Crippen LogP contribution in [0.2, 0.25) is 0 Å². The molecular formula is C18H23FN4O. The number of H-pyrrole nitrogens is 1. The van der Waals surface area contributed by atoms with Crippen LogP contribution in [0.5, 0.6) is 0 Å². The maximum Gasteiger partial charge on any atom is 0.244 e. The zero-order valence-corrected chi connectivity index (χ0v) is 14.1. The number of nitrogens with zero attached hydrogens (tertiary/aromatic N) is 2. The minimum Gasteiger partial charge on any atom is -0.359 e. The first kappa shape index (κ1) is 16.5. The molecule has 0 radical (unpaired) electrons. The Kier molecular flexibility index (Phi) is 4.83. The number of aromatic nitrogens is 2. The fraction of sp³-hybridized carbons (Fsp3) is 0.444. The van der Waals surface area contributed by atoms with Crippen LogP contribution in [-0.2, 0) is 4.79 Å². The second-order valence-corrected chi connectivity index (χ2v) is 6.40. The summed E-state index contributed by atoms with van der Waals surface area (Å²) in [5.74, 6) is -0.349. The number of aryl methyl sites for hydroxylation is 2. The van der Waals surface area contributed by atoms with Gasteiger partial charge in [-0.05, 0) is 51.0 Å². The zero-order chi connectivity index (χ0) is 17.1. The van der Waals surface area contributed by atoms with Crippen LogP contribution >= 0.6 is 0 Å². The number of carbonyl (C=O) groups is 1. The predicted molar refractivity (Wildman–Crippen MR) is 92.7 cm³/mol. The molecule has 1 fully saturated rings. The molecule has 0 unspecified atom stereocenters. The molecule has 1 aliphatic carbocycles. The number of rotatable bonds is 5. The van der Waals surface area contributed by atoms with Crippen molar-refractivity contribution in [2.75, 3.05) is 16.8 Å². The molecule has 1 heterocycles. The molecule has 1 aromatic heterocycles. The molecule has 24 heavy (non-hydrogen) atoms. The largest absolute Gasteiger partial charge is 0.359 e. The Morgan fingerprint density at radius 3 is 2.54 bits per heavy atom. The Morgan fingerprint density at radius 2 is 1.96 bits per heavy atom. The van der Waals surface area contributed by atoms with Crippen LogP contribution in [0, 0.1) is 19.7 Å². The minimum atomic E-state index is -0.265. The molecule has 6 heteroatoms. The first-order valence-electron chi connectivity index (χ1n) is 8.38. The van der Waals surface area contributed by atoms with Crippen LogP contribution in [0.4, 0.5) is 15.8 Å². The lowest BCUT2D eigenvalue weighted by Gasteiger charge is -2.30. The smallest absolute Gasteiger partial charge is 0.244 e. The van der Waals surface area contributed by atoms with Gasteiger partial charge in [0.2, 0.25) is 5.91 Å². The molecule has 0 spiro atoms. The Labute approximate surface area is 141 Å². The molecule has 1 saturated carbocycles. The first-order chi connectivity index (χ1) is 11.5. The molecule has 1 aliphatic rings. The molecule has 128 valence electrons. The van der Waals surface area contributed by atoms with Crippen LogP contribution in [0.15, 0.2) is 24.3 Å².